The van der Waals surface area contributed by atoms with Crippen LogP contribution in [0.1, 0.15) is 32.1 Å². The molecule has 4 atom stereocenters. The molecular formula is C12H24N2O3S. The van der Waals surface area contributed by atoms with E-state index in [2.05, 4.69) is 9.62 Å². The summed E-state index contributed by atoms with van der Waals surface area (Å²) in [5, 5.41) is 10.4. The number of piperidine rings is 1. The zero-order valence-electron chi connectivity index (χ0n) is 10.9. The number of hydrogen-bond acceptors (Lipinski definition) is 3. The van der Waals surface area contributed by atoms with Gasteiger partial charge in [-0.3, -0.25) is 4.55 Å². The molecule has 106 valence electrons. The van der Waals surface area contributed by atoms with Crippen molar-refractivity contribution in [3.8, 4) is 0 Å². The number of aliphatic hydroxyl groups excluding tert-OH is 1. The second kappa shape index (κ2) is 6.43. The Morgan fingerprint density at radius 3 is 2.50 bits per heavy atom. The minimum absolute atomic E-state index is 0.227. The average molecular weight is 276 g/mol. The molecule has 2 aliphatic rings. The lowest BCUT2D eigenvalue weighted by atomic mass is 9.74. The Balaban J connectivity index is 2.01. The van der Waals surface area contributed by atoms with Crippen molar-refractivity contribution >= 4 is 11.3 Å². The number of likely N-dealkylation sites (tertiary alicyclic amines) is 1. The quantitative estimate of drug-likeness (QED) is 0.660. The summed E-state index contributed by atoms with van der Waals surface area (Å²) in [6.45, 7) is 1.51. The van der Waals surface area contributed by atoms with Gasteiger partial charge in [-0.1, -0.05) is 32.1 Å². The van der Waals surface area contributed by atoms with Crippen LogP contribution in [0.5, 0.6) is 0 Å². The van der Waals surface area contributed by atoms with Gasteiger partial charge in [0.05, 0.1) is 12.1 Å². The van der Waals surface area contributed by atoms with Gasteiger partial charge in [0.2, 0.25) is 11.3 Å². The molecule has 0 bridgehead atoms. The smallest absolute Gasteiger partial charge is 0.232 e. The Morgan fingerprint density at radius 1 is 1.22 bits per heavy atom. The fourth-order valence-corrected chi connectivity index (χ4v) is 3.98. The van der Waals surface area contributed by atoms with Gasteiger partial charge in [-0.2, -0.15) is 0 Å². The fraction of sp³-hybridized carbons (Fsp3) is 1.00. The molecule has 0 aromatic heterocycles. The normalized spacial score (nSPS) is 37.6. The van der Waals surface area contributed by atoms with Crippen molar-refractivity contribution in [2.24, 2.45) is 11.8 Å². The Hall–Kier alpha value is -0.0100. The van der Waals surface area contributed by atoms with E-state index in [0.29, 0.717) is 12.5 Å². The predicted octanol–water partition coefficient (Wildman–Crippen LogP) is 0.584. The maximum Gasteiger partial charge on any atom is 0.232 e. The lowest BCUT2D eigenvalue weighted by molar-refractivity contribution is -0.0206. The molecule has 0 amide bonds. The van der Waals surface area contributed by atoms with Crippen molar-refractivity contribution in [2.75, 3.05) is 20.1 Å². The molecule has 2 fully saturated rings. The third-order valence-electron chi connectivity index (χ3n) is 4.39. The first-order valence-electron chi connectivity index (χ1n) is 6.81. The van der Waals surface area contributed by atoms with E-state index in [1.807, 2.05) is 7.05 Å². The van der Waals surface area contributed by atoms with E-state index in [9.17, 15) is 9.32 Å². The molecule has 1 unspecified atom stereocenters. The van der Waals surface area contributed by atoms with Crippen molar-refractivity contribution in [3.05, 3.63) is 0 Å². The number of nitrogens with one attached hydrogen (secondary N) is 1. The maximum atomic E-state index is 10.9. The highest BCUT2D eigenvalue weighted by Crippen LogP contribution is 2.34. The highest BCUT2D eigenvalue weighted by Gasteiger charge is 2.39. The van der Waals surface area contributed by atoms with Crippen LogP contribution in [0.2, 0.25) is 0 Å². The van der Waals surface area contributed by atoms with Crippen LogP contribution in [-0.4, -0.2) is 51.1 Å². The van der Waals surface area contributed by atoms with Gasteiger partial charge in [0.25, 0.3) is 0 Å². The number of nitrogens with zero attached hydrogens (tertiary/aromatic N) is 1. The summed E-state index contributed by atoms with van der Waals surface area (Å²) in [7, 11) is 2.01. The summed E-state index contributed by atoms with van der Waals surface area (Å²) in [5.41, 5.74) is 0. The van der Waals surface area contributed by atoms with Gasteiger partial charge < -0.3 is 10.0 Å². The van der Waals surface area contributed by atoms with Crippen LogP contribution in [0.25, 0.3) is 0 Å². The Bertz CT molecular complexity index is 297. The van der Waals surface area contributed by atoms with Crippen LogP contribution >= 0.6 is 0 Å². The van der Waals surface area contributed by atoms with E-state index in [-0.39, 0.29) is 12.0 Å². The van der Waals surface area contributed by atoms with Crippen LogP contribution in [0.3, 0.4) is 0 Å². The van der Waals surface area contributed by atoms with Crippen molar-refractivity contribution in [1.82, 2.24) is 9.62 Å². The van der Waals surface area contributed by atoms with Gasteiger partial charge in [0.1, 0.15) is 0 Å². The topological polar surface area (TPSA) is 72.8 Å². The molecule has 0 spiro atoms. The Labute approximate surface area is 111 Å². The fourth-order valence-electron chi connectivity index (χ4n) is 3.51. The average Bonchev–Trinajstić information content (AvgIpc) is 2.34. The monoisotopic (exact) mass is 276 g/mol. The zero-order valence-corrected chi connectivity index (χ0v) is 11.7. The van der Waals surface area contributed by atoms with E-state index in [1.165, 1.54) is 32.1 Å². The van der Waals surface area contributed by atoms with Gasteiger partial charge >= 0.3 is 0 Å². The molecule has 0 aromatic rings. The summed E-state index contributed by atoms with van der Waals surface area (Å²) < 4.78 is 22.4. The number of hydrogen-bond donors (Lipinski definition) is 3. The van der Waals surface area contributed by atoms with Gasteiger partial charge in [-0.25, -0.2) is 8.93 Å². The molecule has 1 aliphatic heterocycles. The van der Waals surface area contributed by atoms with Crippen LogP contribution in [0, 0.1) is 11.8 Å². The van der Waals surface area contributed by atoms with E-state index in [1.54, 1.807) is 0 Å². The first-order valence-corrected chi connectivity index (χ1v) is 7.92. The lowest BCUT2D eigenvalue weighted by Crippen LogP contribution is -2.58. The van der Waals surface area contributed by atoms with E-state index in [0.717, 1.165) is 6.54 Å². The number of rotatable bonds is 3. The standard InChI is InChI=1S/C12H24N2O3S/c1-14-7-10(9-5-3-2-4-6-9)12(15)11(8-14)13-18(16)17/h9-13,15H,2-8H2,1H3,(H,16,17)/t10-,11-,12-/m1/s1. The second-order valence-electron chi connectivity index (χ2n) is 5.75. The van der Waals surface area contributed by atoms with Crippen LogP contribution in [-0.2, 0) is 11.3 Å². The van der Waals surface area contributed by atoms with Crippen LogP contribution in [0.4, 0.5) is 0 Å². The van der Waals surface area contributed by atoms with Crippen molar-refractivity contribution in [3.63, 3.8) is 0 Å². The Kier molecular flexibility index (Phi) is 5.14. The van der Waals surface area contributed by atoms with Crippen LogP contribution < -0.4 is 4.72 Å². The minimum Gasteiger partial charge on any atom is -0.391 e. The molecule has 5 nitrogen and oxygen atoms in total. The minimum atomic E-state index is -2.06. The van der Waals surface area contributed by atoms with Gasteiger partial charge in [-0.05, 0) is 13.0 Å². The largest absolute Gasteiger partial charge is 0.391 e. The molecule has 0 aromatic carbocycles. The van der Waals surface area contributed by atoms with E-state index >= 15 is 0 Å². The molecule has 3 N–H and O–H groups in total. The molecule has 1 saturated carbocycles. The molecule has 1 aliphatic carbocycles. The van der Waals surface area contributed by atoms with Gasteiger partial charge in [-0.15, -0.1) is 0 Å². The summed E-state index contributed by atoms with van der Waals surface area (Å²) in [5.74, 6) is 0.790. The highest BCUT2D eigenvalue weighted by atomic mass is 32.2. The van der Waals surface area contributed by atoms with Gasteiger partial charge in [0, 0.05) is 19.0 Å². The summed E-state index contributed by atoms with van der Waals surface area (Å²) >= 11 is -2.06. The Morgan fingerprint density at radius 2 is 1.89 bits per heavy atom. The molecule has 18 heavy (non-hydrogen) atoms. The molecule has 2 rings (SSSR count). The molecular weight excluding hydrogens is 252 g/mol. The number of aliphatic hydroxyl groups is 1. The third-order valence-corrected chi connectivity index (χ3v) is 4.89. The first-order chi connectivity index (χ1) is 8.58. The highest BCUT2D eigenvalue weighted by molar-refractivity contribution is 7.77. The molecule has 6 heteroatoms. The maximum absolute atomic E-state index is 10.9. The lowest BCUT2D eigenvalue weighted by Gasteiger charge is -2.44. The van der Waals surface area contributed by atoms with Crippen molar-refractivity contribution in [1.29, 1.82) is 0 Å². The van der Waals surface area contributed by atoms with E-state index < -0.39 is 17.4 Å². The SMILES string of the molecule is CN1C[C@H](C2CCCCC2)[C@@H](O)[C@H](NS(=O)O)C1. The molecule has 1 heterocycles. The summed E-state index contributed by atoms with van der Waals surface area (Å²) in [4.78, 5) is 2.15. The van der Waals surface area contributed by atoms with Crippen molar-refractivity contribution < 1.29 is 13.9 Å². The first kappa shape index (κ1) is 14.4. The predicted molar refractivity (Wildman–Crippen MR) is 71.3 cm³/mol. The third kappa shape index (κ3) is 3.51. The second-order valence-corrected chi connectivity index (χ2v) is 6.48. The van der Waals surface area contributed by atoms with Crippen LogP contribution in [0.15, 0.2) is 0 Å². The zero-order chi connectivity index (χ0) is 13.1. The molecule has 1 saturated heterocycles. The van der Waals surface area contributed by atoms with E-state index in [4.69, 9.17) is 4.55 Å². The summed E-state index contributed by atoms with van der Waals surface area (Å²) in [6.07, 6.45) is 5.66. The summed E-state index contributed by atoms with van der Waals surface area (Å²) in [6, 6.07) is -0.304. The van der Waals surface area contributed by atoms with Crippen molar-refractivity contribution in [2.45, 2.75) is 44.2 Å². The number of likely N-dealkylation sites (N-methyl/N-ethyl adjacent to an activating group) is 1. The molecule has 0 radical (unpaired) electrons. The van der Waals surface area contributed by atoms with Gasteiger partial charge in [0.15, 0.2) is 0 Å².